The van der Waals surface area contributed by atoms with E-state index in [-0.39, 0.29) is 0 Å². The minimum Gasteiger partial charge on any atom is -0.361 e. The number of aromatic nitrogens is 1. The van der Waals surface area contributed by atoms with E-state index in [9.17, 15) is 0 Å². The van der Waals surface area contributed by atoms with E-state index in [1.165, 1.54) is 12.8 Å². The van der Waals surface area contributed by atoms with E-state index in [1.807, 2.05) is 11.6 Å². The zero-order chi connectivity index (χ0) is 9.31. The lowest BCUT2D eigenvalue weighted by molar-refractivity contribution is 0.380. The van der Waals surface area contributed by atoms with Gasteiger partial charge in [0.1, 0.15) is 0 Å². The third-order valence-corrected chi connectivity index (χ3v) is 3.87. The van der Waals surface area contributed by atoms with Crippen molar-refractivity contribution < 1.29 is 0 Å². The van der Waals surface area contributed by atoms with Crippen LogP contribution < -0.4 is 5.32 Å². The summed E-state index contributed by atoms with van der Waals surface area (Å²) in [7, 11) is 0. The maximum atomic E-state index is 4.21. The first-order valence-corrected chi connectivity index (χ1v) is 5.74. The Labute approximate surface area is 83.4 Å². The zero-order valence-electron chi connectivity index (χ0n) is 8.21. The van der Waals surface area contributed by atoms with Crippen LogP contribution in [0.5, 0.6) is 0 Å². The molecule has 1 aliphatic carbocycles. The fourth-order valence-corrected chi connectivity index (χ4v) is 2.21. The summed E-state index contributed by atoms with van der Waals surface area (Å²) in [5, 5.41) is 6.49. The Hall–Kier alpha value is -0.570. The molecule has 1 aromatic rings. The molecule has 0 atom stereocenters. The summed E-state index contributed by atoms with van der Waals surface area (Å²) in [6.07, 6.45) is 4.61. The molecule has 0 spiro atoms. The summed E-state index contributed by atoms with van der Waals surface area (Å²) >= 11 is 1.68. The number of hydrogen-bond acceptors (Lipinski definition) is 3. The molecule has 13 heavy (non-hydrogen) atoms. The molecule has 0 radical (unpaired) electrons. The number of anilines is 1. The van der Waals surface area contributed by atoms with Gasteiger partial charge < -0.3 is 5.32 Å². The first-order valence-electron chi connectivity index (χ1n) is 4.86. The first-order chi connectivity index (χ1) is 6.23. The quantitative estimate of drug-likeness (QED) is 0.800. The molecule has 1 N–H and O–H groups in total. The predicted octanol–water partition coefficient (Wildman–Crippen LogP) is 2.99. The van der Waals surface area contributed by atoms with E-state index in [2.05, 4.69) is 24.1 Å². The molecule has 1 saturated carbocycles. The van der Waals surface area contributed by atoms with Gasteiger partial charge in [-0.2, -0.15) is 0 Å². The average molecular weight is 196 g/mol. The number of nitrogens with zero attached hydrogens (tertiary/aromatic N) is 1. The molecule has 0 bridgehead atoms. The van der Waals surface area contributed by atoms with Crippen LogP contribution in [0.4, 0.5) is 5.13 Å². The van der Waals surface area contributed by atoms with E-state index in [0.29, 0.717) is 5.41 Å². The van der Waals surface area contributed by atoms with Crippen molar-refractivity contribution in [2.45, 2.75) is 26.7 Å². The van der Waals surface area contributed by atoms with Crippen molar-refractivity contribution in [2.24, 2.45) is 11.3 Å². The SMILES string of the molecule is CC(C)C1(CNc2nccs2)CC1. The second-order valence-corrected chi connectivity index (χ2v) is 5.10. The molecule has 0 unspecified atom stereocenters. The summed E-state index contributed by atoms with van der Waals surface area (Å²) in [6, 6.07) is 0. The standard InChI is InChI=1S/C10H16N2S/c1-8(2)10(3-4-10)7-12-9-11-5-6-13-9/h5-6,8H,3-4,7H2,1-2H3,(H,11,12). The van der Waals surface area contributed by atoms with E-state index < -0.39 is 0 Å². The summed E-state index contributed by atoms with van der Waals surface area (Å²) in [5.74, 6) is 0.792. The highest BCUT2D eigenvalue weighted by Gasteiger charge is 2.44. The van der Waals surface area contributed by atoms with Crippen LogP contribution in [-0.2, 0) is 0 Å². The molecule has 2 rings (SSSR count). The molecular formula is C10H16N2S. The molecule has 0 saturated heterocycles. The Kier molecular flexibility index (Phi) is 2.28. The lowest BCUT2D eigenvalue weighted by Crippen LogP contribution is -2.20. The Morgan fingerprint density at radius 3 is 2.85 bits per heavy atom. The fraction of sp³-hybridized carbons (Fsp3) is 0.700. The Morgan fingerprint density at radius 2 is 2.38 bits per heavy atom. The van der Waals surface area contributed by atoms with Crippen LogP contribution in [-0.4, -0.2) is 11.5 Å². The van der Waals surface area contributed by atoms with Gasteiger partial charge in [-0.25, -0.2) is 4.98 Å². The van der Waals surface area contributed by atoms with Gasteiger partial charge in [0.2, 0.25) is 0 Å². The number of thiazole rings is 1. The third-order valence-electron chi connectivity index (χ3n) is 3.14. The van der Waals surface area contributed by atoms with Gasteiger partial charge in [-0.15, -0.1) is 11.3 Å². The number of nitrogens with one attached hydrogen (secondary N) is 1. The summed E-state index contributed by atoms with van der Waals surface area (Å²) in [5.41, 5.74) is 0.575. The van der Waals surface area contributed by atoms with Crippen LogP contribution in [0, 0.1) is 11.3 Å². The van der Waals surface area contributed by atoms with Gasteiger partial charge in [-0.05, 0) is 24.2 Å². The minimum atomic E-state index is 0.575. The molecule has 1 heterocycles. The van der Waals surface area contributed by atoms with Gasteiger partial charge >= 0.3 is 0 Å². The van der Waals surface area contributed by atoms with Crippen LogP contribution in [0.3, 0.4) is 0 Å². The van der Waals surface area contributed by atoms with E-state index in [4.69, 9.17) is 0 Å². The van der Waals surface area contributed by atoms with Crippen molar-refractivity contribution in [3.8, 4) is 0 Å². The molecule has 0 amide bonds. The highest BCUT2D eigenvalue weighted by molar-refractivity contribution is 7.13. The summed E-state index contributed by atoms with van der Waals surface area (Å²) < 4.78 is 0. The number of rotatable bonds is 4. The fourth-order valence-electron chi connectivity index (χ4n) is 1.68. The second kappa shape index (κ2) is 3.29. The topological polar surface area (TPSA) is 24.9 Å². The molecule has 72 valence electrons. The third kappa shape index (κ3) is 1.85. The number of hydrogen-bond donors (Lipinski definition) is 1. The van der Waals surface area contributed by atoms with E-state index in [0.717, 1.165) is 17.6 Å². The van der Waals surface area contributed by atoms with Crippen molar-refractivity contribution in [1.29, 1.82) is 0 Å². The molecule has 1 aliphatic rings. The van der Waals surface area contributed by atoms with Gasteiger partial charge in [0.25, 0.3) is 0 Å². The van der Waals surface area contributed by atoms with Crippen molar-refractivity contribution in [3.05, 3.63) is 11.6 Å². The maximum absolute atomic E-state index is 4.21. The molecule has 0 aromatic carbocycles. The Morgan fingerprint density at radius 1 is 1.62 bits per heavy atom. The smallest absolute Gasteiger partial charge is 0.182 e. The van der Waals surface area contributed by atoms with Crippen LogP contribution in [0.15, 0.2) is 11.6 Å². The zero-order valence-corrected chi connectivity index (χ0v) is 9.03. The molecular weight excluding hydrogens is 180 g/mol. The molecule has 2 nitrogen and oxygen atoms in total. The molecule has 1 fully saturated rings. The molecule has 0 aliphatic heterocycles. The lowest BCUT2D eigenvalue weighted by Gasteiger charge is -2.19. The first kappa shape index (κ1) is 9.00. The second-order valence-electron chi connectivity index (χ2n) is 4.21. The molecule has 3 heteroatoms. The lowest BCUT2D eigenvalue weighted by atomic mass is 9.92. The van der Waals surface area contributed by atoms with Crippen molar-refractivity contribution >= 4 is 16.5 Å². The molecule has 1 aromatic heterocycles. The maximum Gasteiger partial charge on any atom is 0.182 e. The normalized spacial score (nSPS) is 19.0. The van der Waals surface area contributed by atoms with Gasteiger partial charge in [0, 0.05) is 18.1 Å². The monoisotopic (exact) mass is 196 g/mol. The summed E-state index contributed by atoms with van der Waals surface area (Å²) in [4.78, 5) is 4.21. The largest absolute Gasteiger partial charge is 0.361 e. The summed E-state index contributed by atoms with van der Waals surface area (Å²) in [6.45, 7) is 5.73. The van der Waals surface area contributed by atoms with E-state index in [1.54, 1.807) is 11.3 Å². The van der Waals surface area contributed by atoms with Gasteiger partial charge in [0.15, 0.2) is 5.13 Å². The van der Waals surface area contributed by atoms with Crippen LogP contribution in [0.25, 0.3) is 0 Å². The Balaban J connectivity index is 1.86. The highest BCUT2D eigenvalue weighted by Crippen LogP contribution is 2.51. The van der Waals surface area contributed by atoms with Crippen molar-refractivity contribution in [1.82, 2.24) is 4.98 Å². The van der Waals surface area contributed by atoms with Crippen LogP contribution >= 0.6 is 11.3 Å². The van der Waals surface area contributed by atoms with Crippen LogP contribution in [0.2, 0.25) is 0 Å². The van der Waals surface area contributed by atoms with E-state index >= 15 is 0 Å². The van der Waals surface area contributed by atoms with Gasteiger partial charge in [-0.3, -0.25) is 0 Å². The average Bonchev–Trinajstić information content (AvgIpc) is 2.73. The van der Waals surface area contributed by atoms with Crippen molar-refractivity contribution in [3.63, 3.8) is 0 Å². The highest BCUT2D eigenvalue weighted by atomic mass is 32.1. The minimum absolute atomic E-state index is 0.575. The predicted molar refractivity (Wildman–Crippen MR) is 57.1 cm³/mol. The Bertz CT molecular complexity index is 262. The van der Waals surface area contributed by atoms with Crippen LogP contribution in [0.1, 0.15) is 26.7 Å². The van der Waals surface area contributed by atoms with Gasteiger partial charge in [-0.1, -0.05) is 13.8 Å². The van der Waals surface area contributed by atoms with Crippen molar-refractivity contribution in [2.75, 3.05) is 11.9 Å². The van der Waals surface area contributed by atoms with Gasteiger partial charge in [0.05, 0.1) is 0 Å².